The summed E-state index contributed by atoms with van der Waals surface area (Å²) < 4.78 is 26.1. The zero-order chi connectivity index (χ0) is 14.6. The maximum Gasteiger partial charge on any atom is 0.312 e. The minimum absolute atomic E-state index is 0.328. The molecule has 0 saturated heterocycles. The molecule has 0 aliphatic carbocycles. The molecule has 0 radical (unpaired) electrons. The van der Waals surface area contributed by atoms with E-state index in [2.05, 4.69) is 10.6 Å². The van der Waals surface area contributed by atoms with E-state index in [4.69, 9.17) is 6.42 Å². The summed E-state index contributed by atoms with van der Waals surface area (Å²) in [6.07, 6.45) is 5.53. The number of nitrogens with one attached hydrogen (secondary N) is 1. The first kappa shape index (κ1) is 14.9. The van der Waals surface area contributed by atoms with Gasteiger partial charge in [0.1, 0.15) is 0 Å². The topological polar surface area (TPSA) is 110 Å². The highest BCUT2D eigenvalue weighted by Gasteiger charge is 2.22. The van der Waals surface area contributed by atoms with Crippen molar-refractivity contribution < 1.29 is 18.4 Å². The lowest BCUT2D eigenvalue weighted by Gasteiger charge is -2.11. The third-order valence-corrected chi connectivity index (χ3v) is 3.83. The second-order valence-corrected chi connectivity index (χ2v) is 5.37. The summed E-state index contributed by atoms with van der Waals surface area (Å²) in [6.45, 7) is 1.70. The molecule has 7 nitrogen and oxygen atoms in total. The number of phenols is 1. The molecule has 8 heteroatoms. The van der Waals surface area contributed by atoms with Gasteiger partial charge in [0.2, 0.25) is 10.0 Å². The van der Waals surface area contributed by atoms with Crippen LogP contribution in [0.3, 0.4) is 0 Å². The first-order valence-corrected chi connectivity index (χ1v) is 6.76. The number of sulfonamides is 1. The molecule has 0 bridgehead atoms. The summed E-state index contributed by atoms with van der Waals surface area (Å²) in [5.41, 5.74) is -0.684. The Hall–Kier alpha value is -2.11. The van der Waals surface area contributed by atoms with Crippen LogP contribution in [-0.4, -0.2) is 24.5 Å². The fraction of sp³-hybridized carbons (Fsp3) is 0.273. The Balaban J connectivity index is 3.20. The first-order chi connectivity index (χ1) is 8.81. The van der Waals surface area contributed by atoms with Crippen molar-refractivity contribution in [2.45, 2.75) is 24.3 Å². The molecule has 1 aromatic rings. The van der Waals surface area contributed by atoms with Crippen LogP contribution < -0.4 is 4.72 Å². The van der Waals surface area contributed by atoms with Gasteiger partial charge in [0, 0.05) is 6.07 Å². The Labute approximate surface area is 110 Å². The molecule has 2 N–H and O–H groups in total. The Bertz CT molecular complexity index is 633. The van der Waals surface area contributed by atoms with Crippen molar-refractivity contribution in [1.29, 1.82) is 0 Å². The fourth-order valence-corrected chi connectivity index (χ4v) is 2.57. The second kappa shape index (κ2) is 5.69. The molecular weight excluding hydrogens is 272 g/mol. The Morgan fingerprint density at radius 3 is 2.68 bits per heavy atom. The fourth-order valence-electron chi connectivity index (χ4n) is 1.31. The summed E-state index contributed by atoms with van der Waals surface area (Å²) in [7, 11) is -3.96. The van der Waals surface area contributed by atoms with E-state index in [1.165, 1.54) is 0 Å². The summed E-state index contributed by atoms with van der Waals surface area (Å²) in [5.74, 6) is 1.65. The Morgan fingerprint density at radius 1 is 1.58 bits per heavy atom. The van der Waals surface area contributed by atoms with Crippen molar-refractivity contribution in [2.75, 3.05) is 0 Å². The van der Waals surface area contributed by atoms with E-state index in [-0.39, 0.29) is 4.90 Å². The van der Waals surface area contributed by atoms with Gasteiger partial charge in [-0.2, -0.15) is 4.72 Å². The van der Waals surface area contributed by atoms with Crippen LogP contribution in [0.1, 0.15) is 13.3 Å². The van der Waals surface area contributed by atoms with E-state index in [1.54, 1.807) is 6.92 Å². The molecule has 1 rings (SSSR count). The van der Waals surface area contributed by atoms with Crippen molar-refractivity contribution in [3.63, 3.8) is 0 Å². The van der Waals surface area contributed by atoms with E-state index >= 15 is 0 Å². The first-order valence-electron chi connectivity index (χ1n) is 5.27. The molecular formula is C11H12N2O5S. The second-order valence-electron chi connectivity index (χ2n) is 3.66. The van der Waals surface area contributed by atoms with Gasteiger partial charge in [0.05, 0.1) is 15.9 Å². The predicted molar refractivity (Wildman–Crippen MR) is 68.0 cm³/mol. The number of nitrogens with zero attached hydrogens (tertiary/aromatic N) is 1. The smallest absolute Gasteiger partial charge is 0.312 e. The summed E-state index contributed by atoms with van der Waals surface area (Å²) in [5, 5.41) is 19.9. The van der Waals surface area contributed by atoms with Gasteiger partial charge in [0.25, 0.3) is 0 Å². The third kappa shape index (κ3) is 3.43. The quantitative estimate of drug-likeness (QED) is 0.476. The number of nitro groups is 1. The molecule has 0 aliphatic rings. The Kier molecular flexibility index (Phi) is 4.47. The van der Waals surface area contributed by atoms with Crippen molar-refractivity contribution in [1.82, 2.24) is 4.72 Å². The van der Waals surface area contributed by atoms with E-state index in [9.17, 15) is 23.6 Å². The van der Waals surface area contributed by atoms with Crippen LogP contribution >= 0.6 is 0 Å². The van der Waals surface area contributed by atoms with E-state index in [0.29, 0.717) is 6.42 Å². The molecule has 0 aromatic heterocycles. The molecule has 0 saturated carbocycles. The highest BCUT2D eigenvalue weighted by atomic mass is 32.2. The van der Waals surface area contributed by atoms with Gasteiger partial charge >= 0.3 is 5.69 Å². The third-order valence-electron chi connectivity index (χ3n) is 2.36. The molecule has 102 valence electrons. The van der Waals surface area contributed by atoms with Crippen LogP contribution in [0, 0.1) is 22.5 Å². The predicted octanol–water partition coefficient (Wildman–Crippen LogP) is 0.990. The van der Waals surface area contributed by atoms with Gasteiger partial charge in [0.15, 0.2) is 5.75 Å². The molecule has 0 fully saturated rings. The molecule has 19 heavy (non-hydrogen) atoms. The molecule has 0 amide bonds. The normalized spacial score (nSPS) is 12.6. The number of hydrogen-bond acceptors (Lipinski definition) is 5. The lowest BCUT2D eigenvalue weighted by atomic mass is 10.3. The molecule has 0 spiro atoms. The lowest BCUT2D eigenvalue weighted by Crippen LogP contribution is -2.33. The average Bonchev–Trinajstić information content (AvgIpc) is 2.35. The summed E-state index contributed by atoms with van der Waals surface area (Å²) in [4.78, 5) is 9.44. The largest absolute Gasteiger partial charge is 0.502 e. The minimum Gasteiger partial charge on any atom is -0.502 e. The zero-order valence-corrected chi connectivity index (χ0v) is 10.8. The van der Waals surface area contributed by atoms with E-state index in [1.807, 2.05) is 0 Å². The van der Waals surface area contributed by atoms with E-state index < -0.39 is 32.4 Å². The van der Waals surface area contributed by atoms with Gasteiger partial charge in [-0.1, -0.05) is 12.8 Å². The van der Waals surface area contributed by atoms with Crippen LogP contribution in [0.25, 0.3) is 0 Å². The number of aromatic hydroxyl groups is 1. The number of terminal acetylenes is 1. The standard InChI is InChI=1S/C11H12N2O5S/c1-3-8(4-2)12-19(17,18)9-5-6-11(14)10(7-9)13(15)16/h1,5-8,12,14H,4H2,2H3. The van der Waals surface area contributed by atoms with Gasteiger partial charge in [-0.15, -0.1) is 6.42 Å². The van der Waals surface area contributed by atoms with Crippen LogP contribution in [0.5, 0.6) is 5.75 Å². The van der Waals surface area contributed by atoms with Crippen molar-refractivity contribution in [2.24, 2.45) is 0 Å². The van der Waals surface area contributed by atoms with Gasteiger partial charge in [-0.05, 0) is 18.6 Å². The average molecular weight is 284 g/mol. The maximum absolute atomic E-state index is 11.9. The SMILES string of the molecule is C#CC(CC)NS(=O)(=O)c1ccc(O)c([N+](=O)[O-])c1. The van der Waals surface area contributed by atoms with Gasteiger partial charge in [-0.25, -0.2) is 8.42 Å². The highest BCUT2D eigenvalue weighted by molar-refractivity contribution is 7.89. The van der Waals surface area contributed by atoms with Crippen molar-refractivity contribution in [3.05, 3.63) is 28.3 Å². The monoisotopic (exact) mass is 284 g/mol. The number of phenolic OH excluding ortho intramolecular Hbond substituents is 1. The van der Waals surface area contributed by atoms with Crippen LogP contribution in [-0.2, 0) is 10.0 Å². The lowest BCUT2D eigenvalue weighted by molar-refractivity contribution is -0.386. The zero-order valence-electron chi connectivity index (χ0n) is 10.0. The minimum atomic E-state index is -3.96. The number of rotatable bonds is 5. The number of hydrogen-bond donors (Lipinski definition) is 2. The summed E-state index contributed by atoms with van der Waals surface area (Å²) >= 11 is 0. The number of nitro benzene ring substituents is 1. The summed E-state index contributed by atoms with van der Waals surface area (Å²) in [6, 6.07) is 2.09. The molecule has 1 atom stereocenters. The molecule has 0 heterocycles. The molecule has 0 aliphatic heterocycles. The van der Waals surface area contributed by atoms with Crippen LogP contribution in [0.4, 0.5) is 5.69 Å². The number of benzene rings is 1. The van der Waals surface area contributed by atoms with Crippen LogP contribution in [0.15, 0.2) is 23.1 Å². The van der Waals surface area contributed by atoms with Gasteiger partial charge < -0.3 is 5.11 Å². The Morgan fingerprint density at radius 2 is 2.21 bits per heavy atom. The molecule has 1 aromatic carbocycles. The van der Waals surface area contributed by atoms with Crippen molar-refractivity contribution >= 4 is 15.7 Å². The maximum atomic E-state index is 11.9. The van der Waals surface area contributed by atoms with Gasteiger partial charge in [-0.3, -0.25) is 10.1 Å². The van der Waals surface area contributed by atoms with E-state index in [0.717, 1.165) is 18.2 Å². The molecule has 1 unspecified atom stereocenters. The van der Waals surface area contributed by atoms with Crippen LogP contribution in [0.2, 0.25) is 0 Å². The van der Waals surface area contributed by atoms with Crippen molar-refractivity contribution in [3.8, 4) is 18.1 Å². The highest BCUT2D eigenvalue weighted by Crippen LogP contribution is 2.28.